The van der Waals surface area contributed by atoms with Crippen LogP contribution in [0.4, 0.5) is 0 Å². The number of hydrogen-bond donors (Lipinski definition) is 1. The van der Waals surface area contributed by atoms with Crippen LogP contribution in [0.5, 0.6) is 0 Å². The molecule has 2 aliphatic rings. The van der Waals surface area contributed by atoms with E-state index >= 15 is 0 Å². The lowest BCUT2D eigenvalue weighted by molar-refractivity contribution is 0.0947. The van der Waals surface area contributed by atoms with Crippen LogP contribution in [0.3, 0.4) is 0 Å². The molecule has 2 atom stereocenters. The van der Waals surface area contributed by atoms with Crippen molar-refractivity contribution >= 4 is 16.9 Å². The number of benzene rings is 1. The number of likely N-dealkylation sites (tertiary alicyclic amines) is 1. The van der Waals surface area contributed by atoms with Crippen LogP contribution >= 0.6 is 0 Å². The minimum absolute atomic E-state index is 0.0134. The molecule has 1 aromatic carbocycles. The number of amides is 1. The van der Waals surface area contributed by atoms with Crippen LogP contribution in [0.25, 0.3) is 11.0 Å². The number of fused-ring (bicyclic) bond motifs is 1. The topological polar surface area (TPSA) is 50.2 Å². The molecule has 1 aliphatic carbocycles. The Balaban J connectivity index is 1.29. The molecule has 0 spiro atoms. The molecule has 158 valence electrons. The van der Waals surface area contributed by atoms with Crippen molar-refractivity contribution < 1.29 is 4.79 Å². The number of aromatic nitrogens is 2. The van der Waals surface area contributed by atoms with E-state index in [0.29, 0.717) is 11.6 Å². The summed E-state index contributed by atoms with van der Waals surface area (Å²) in [5.74, 6) is 1.58. The Morgan fingerprint density at radius 2 is 1.90 bits per heavy atom. The normalized spacial score (nSPS) is 24.1. The van der Waals surface area contributed by atoms with Crippen LogP contribution in [-0.4, -0.2) is 46.5 Å². The van der Waals surface area contributed by atoms with E-state index < -0.39 is 0 Å². The van der Waals surface area contributed by atoms with Gasteiger partial charge in [-0.2, -0.15) is 0 Å². The predicted octanol–water partition coefficient (Wildman–Crippen LogP) is 4.64. The highest BCUT2D eigenvalue weighted by atomic mass is 16.1. The monoisotopic (exact) mass is 396 g/mol. The summed E-state index contributed by atoms with van der Waals surface area (Å²) in [6.45, 7) is 8.87. The van der Waals surface area contributed by atoms with Crippen molar-refractivity contribution in [1.29, 1.82) is 0 Å². The van der Waals surface area contributed by atoms with Gasteiger partial charge in [-0.15, -0.1) is 0 Å². The van der Waals surface area contributed by atoms with E-state index in [1.807, 2.05) is 18.5 Å². The second-order valence-electron chi connectivity index (χ2n) is 9.46. The number of nitrogens with one attached hydrogen (secondary N) is 1. The third-order valence-corrected chi connectivity index (χ3v) is 6.69. The van der Waals surface area contributed by atoms with Crippen LogP contribution < -0.4 is 5.32 Å². The van der Waals surface area contributed by atoms with Gasteiger partial charge in [0.15, 0.2) is 0 Å². The maximum atomic E-state index is 12.6. The second kappa shape index (κ2) is 9.29. The molecule has 1 N–H and O–H groups in total. The highest BCUT2D eigenvalue weighted by Gasteiger charge is 2.21. The third-order valence-electron chi connectivity index (χ3n) is 6.69. The molecular weight excluding hydrogens is 360 g/mol. The van der Waals surface area contributed by atoms with E-state index in [9.17, 15) is 4.79 Å². The first kappa shape index (κ1) is 20.4. The Labute approximate surface area is 174 Å². The zero-order valence-electron chi connectivity index (χ0n) is 18.1. The van der Waals surface area contributed by atoms with Crippen LogP contribution in [0.15, 0.2) is 24.5 Å². The molecule has 29 heavy (non-hydrogen) atoms. The summed E-state index contributed by atoms with van der Waals surface area (Å²) in [6, 6.07) is 6.53. The summed E-state index contributed by atoms with van der Waals surface area (Å²) in [7, 11) is 0. The molecule has 1 saturated carbocycles. The average Bonchev–Trinajstić information content (AvgIpc) is 3.14. The highest BCUT2D eigenvalue weighted by molar-refractivity contribution is 5.97. The first-order valence-electron chi connectivity index (χ1n) is 11.6. The molecular formula is C24H36N4O. The van der Waals surface area contributed by atoms with E-state index in [4.69, 9.17) is 0 Å². The molecule has 0 unspecified atom stereocenters. The van der Waals surface area contributed by atoms with Crippen molar-refractivity contribution in [1.82, 2.24) is 19.8 Å². The number of piperidine rings is 1. The van der Waals surface area contributed by atoms with Crippen molar-refractivity contribution in [3.05, 3.63) is 30.1 Å². The van der Waals surface area contributed by atoms with Crippen molar-refractivity contribution in [2.75, 3.05) is 26.2 Å². The van der Waals surface area contributed by atoms with Gasteiger partial charge >= 0.3 is 0 Å². The molecule has 2 fully saturated rings. The summed E-state index contributed by atoms with van der Waals surface area (Å²) in [5, 5.41) is 3.10. The minimum atomic E-state index is 0.0134. The highest BCUT2D eigenvalue weighted by Crippen LogP contribution is 2.31. The fraction of sp³-hybridized carbons (Fsp3) is 0.667. The van der Waals surface area contributed by atoms with Gasteiger partial charge in [0, 0.05) is 31.2 Å². The number of carbonyl (C=O) groups excluding carboxylic acids is 1. The predicted molar refractivity (Wildman–Crippen MR) is 118 cm³/mol. The van der Waals surface area contributed by atoms with Gasteiger partial charge in [-0.3, -0.25) is 4.79 Å². The Hall–Kier alpha value is -1.88. The number of rotatable bonds is 6. The zero-order valence-corrected chi connectivity index (χ0v) is 18.1. The molecule has 1 saturated heterocycles. The molecule has 2 heterocycles. The standard InChI is InChI=1S/C24H36N4O/c1-18-13-19(2)16-27(15-18)12-6-11-25-24(29)20-9-10-23-22(14-20)26-17-28(23)21-7-4-3-5-8-21/h9-10,14,17-19,21H,3-8,11-13,15-16H2,1-2H3,(H,25,29)/t18-,19-/m0/s1. The van der Waals surface area contributed by atoms with Crippen LogP contribution in [-0.2, 0) is 0 Å². The molecule has 5 heteroatoms. The summed E-state index contributed by atoms with van der Waals surface area (Å²) < 4.78 is 2.32. The van der Waals surface area contributed by atoms with Crippen molar-refractivity contribution in [3.8, 4) is 0 Å². The number of hydrogen-bond acceptors (Lipinski definition) is 3. The van der Waals surface area contributed by atoms with Crippen LogP contribution in [0, 0.1) is 11.8 Å². The SMILES string of the molecule is C[C@H]1C[C@H](C)CN(CCCNC(=O)c2ccc3c(c2)ncn3C2CCCCC2)C1. The minimum Gasteiger partial charge on any atom is -0.352 e. The zero-order chi connectivity index (χ0) is 20.2. The first-order chi connectivity index (χ1) is 14.1. The van der Waals surface area contributed by atoms with Crippen molar-refractivity contribution in [2.24, 2.45) is 11.8 Å². The lowest BCUT2D eigenvalue weighted by Gasteiger charge is -2.34. The van der Waals surface area contributed by atoms with Gasteiger partial charge in [0.1, 0.15) is 0 Å². The Bertz CT molecular complexity index is 813. The van der Waals surface area contributed by atoms with Crippen LogP contribution in [0.1, 0.15) is 75.2 Å². The van der Waals surface area contributed by atoms with Gasteiger partial charge < -0.3 is 14.8 Å². The van der Waals surface area contributed by atoms with Gasteiger partial charge in [-0.05, 0) is 62.3 Å². The fourth-order valence-electron chi connectivity index (χ4n) is 5.40. The molecule has 1 amide bonds. The second-order valence-corrected chi connectivity index (χ2v) is 9.46. The van der Waals surface area contributed by atoms with Gasteiger partial charge in [-0.25, -0.2) is 4.98 Å². The summed E-state index contributed by atoms with van der Waals surface area (Å²) in [6.07, 6.45) is 10.7. The maximum Gasteiger partial charge on any atom is 0.251 e. The van der Waals surface area contributed by atoms with E-state index in [0.717, 1.165) is 42.4 Å². The third kappa shape index (κ3) is 5.00. The molecule has 1 aliphatic heterocycles. The Morgan fingerprint density at radius 3 is 2.66 bits per heavy atom. The quantitative estimate of drug-likeness (QED) is 0.724. The molecule has 0 radical (unpaired) electrons. The summed E-state index contributed by atoms with van der Waals surface area (Å²) in [5.41, 5.74) is 2.80. The van der Waals surface area contributed by atoms with Gasteiger partial charge in [0.25, 0.3) is 5.91 Å². The van der Waals surface area contributed by atoms with Gasteiger partial charge in [0.05, 0.1) is 17.4 Å². The number of carbonyl (C=O) groups is 1. The largest absolute Gasteiger partial charge is 0.352 e. The fourth-order valence-corrected chi connectivity index (χ4v) is 5.40. The van der Waals surface area contributed by atoms with E-state index in [2.05, 4.69) is 39.7 Å². The lowest BCUT2D eigenvalue weighted by atomic mass is 9.92. The molecule has 0 bridgehead atoms. The van der Waals surface area contributed by atoms with Crippen molar-refractivity contribution in [2.45, 2.75) is 64.8 Å². The smallest absolute Gasteiger partial charge is 0.251 e. The van der Waals surface area contributed by atoms with E-state index in [1.165, 1.54) is 51.6 Å². The van der Waals surface area contributed by atoms with Crippen LogP contribution in [0.2, 0.25) is 0 Å². The average molecular weight is 397 g/mol. The number of imidazole rings is 1. The summed E-state index contributed by atoms with van der Waals surface area (Å²) >= 11 is 0. The maximum absolute atomic E-state index is 12.6. The Morgan fingerprint density at radius 1 is 1.14 bits per heavy atom. The molecule has 2 aromatic rings. The van der Waals surface area contributed by atoms with Gasteiger partial charge in [0.2, 0.25) is 0 Å². The Kier molecular flexibility index (Phi) is 6.53. The molecule has 4 rings (SSSR count). The molecule has 1 aromatic heterocycles. The lowest BCUT2D eigenvalue weighted by Crippen LogP contribution is -2.40. The number of nitrogens with zero attached hydrogens (tertiary/aromatic N) is 3. The van der Waals surface area contributed by atoms with Gasteiger partial charge in [-0.1, -0.05) is 33.1 Å². The summed E-state index contributed by atoms with van der Waals surface area (Å²) in [4.78, 5) is 19.7. The first-order valence-corrected chi connectivity index (χ1v) is 11.6. The molecule has 5 nitrogen and oxygen atoms in total. The van der Waals surface area contributed by atoms with E-state index in [-0.39, 0.29) is 5.91 Å². The van der Waals surface area contributed by atoms with E-state index in [1.54, 1.807) is 0 Å². The van der Waals surface area contributed by atoms with Crippen molar-refractivity contribution in [3.63, 3.8) is 0 Å².